The Kier molecular flexibility index (Phi) is 6.10. The molecular formula is C15H11Br2IO4. The molecule has 22 heavy (non-hydrogen) atoms. The van der Waals surface area contributed by atoms with Gasteiger partial charge in [-0.2, -0.15) is 0 Å². The SMILES string of the molecule is COc1ccc(Oc2c(Br)cc(CC(=O)O)cc2Br)cc1I. The summed E-state index contributed by atoms with van der Waals surface area (Å²) in [6.07, 6.45) is -0.0437. The van der Waals surface area contributed by atoms with Crippen molar-refractivity contribution < 1.29 is 19.4 Å². The molecule has 2 aromatic rings. The Bertz CT molecular complexity index is 696. The lowest BCUT2D eigenvalue weighted by atomic mass is 10.1. The Balaban J connectivity index is 2.29. The minimum absolute atomic E-state index is 0.0437. The first kappa shape index (κ1) is 17.6. The molecule has 1 N–H and O–H groups in total. The minimum Gasteiger partial charge on any atom is -0.496 e. The third-order valence-electron chi connectivity index (χ3n) is 2.76. The number of hydrogen-bond donors (Lipinski definition) is 1. The molecule has 0 spiro atoms. The molecule has 0 bridgehead atoms. The number of carbonyl (C=O) groups is 1. The van der Waals surface area contributed by atoms with Crippen LogP contribution in [0.25, 0.3) is 0 Å². The Morgan fingerprint density at radius 1 is 1.23 bits per heavy atom. The molecule has 0 fully saturated rings. The lowest BCUT2D eigenvalue weighted by Crippen LogP contribution is -2.00. The fraction of sp³-hybridized carbons (Fsp3) is 0.133. The molecule has 0 aromatic heterocycles. The van der Waals surface area contributed by atoms with Gasteiger partial charge in [0.05, 0.1) is 26.0 Å². The fourth-order valence-corrected chi connectivity index (χ4v) is 3.97. The second-order valence-corrected chi connectivity index (χ2v) is 7.23. The highest BCUT2D eigenvalue weighted by molar-refractivity contribution is 14.1. The third kappa shape index (κ3) is 4.36. The van der Waals surface area contributed by atoms with Gasteiger partial charge in [-0.3, -0.25) is 4.79 Å². The lowest BCUT2D eigenvalue weighted by molar-refractivity contribution is -0.136. The summed E-state index contributed by atoms with van der Waals surface area (Å²) in [7, 11) is 1.62. The van der Waals surface area contributed by atoms with Crippen molar-refractivity contribution in [2.45, 2.75) is 6.42 Å². The fourth-order valence-electron chi connectivity index (χ4n) is 1.82. The second-order valence-electron chi connectivity index (χ2n) is 4.36. The van der Waals surface area contributed by atoms with Gasteiger partial charge in [0.2, 0.25) is 0 Å². The van der Waals surface area contributed by atoms with Crippen molar-refractivity contribution >= 4 is 60.4 Å². The van der Waals surface area contributed by atoms with E-state index in [1.165, 1.54) is 0 Å². The van der Waals surface area contributed by atoms with E-state index in [9.17, 15) is 4.79 Å². The van der Waals surface area contributed by atoms with E-state index in [2.05, 4.69) is 54.5 Å². The van der Waals surface area contributed by atoms with Gasteiger partial charge in [0.25, 0.3) is 0 Å². The molecular weight excluding hydrogens is 531 g/mol. The number of rotatable bonds is 5. The first-order valence-electron chi connectivity index (χ1n) is 6.12. The summed E-state index contributed by atoms with van der Waals surface area (Å²) in [5, 5.41) is 8.86. The average molecular weight is 542 g/mol. The predicted octanol–water partition coefficient (Wildman–Crippen LogP) is 5.24. The van der Waals surface area contributed by atoms with Gasteiger partial charge >= 0.3 is 5.97 Å². The quantitative estimate of drug-likeness (QED) is 0.526. The van der Waals surface area contributed by atoms with Crippen LogP contribution < -0.4 is 9.47 Å². The Morgan fingerprint density at radius 3 is 2.36 bits per heavy atom. The van der Waals surface area contributed by atoms with Crippen LogP contribution >= 0.6 is 54.5 Å². The van der Waals surface area contributed by atoms with Gasteiger partial charge in [0.15, 0.2) is 5.75 Å². The summed E-state index contributed by atoms with van der Waals surface area (Å²) in [5.74, 6) is 1.16. The van der Waals surface area contributed by atoms with Gasteiger partial charge in [-0.25, -0.2) is 0 Å². The van der Waals surface area contributed by atoms with Gasteiger partial charge in [0.1, 0.15) is 11.5 Å². The zero-order valence-electron chi connectivity index (χ0n) is 11.4. The highest BCUT2D eigenvalue weighted by atomic mass is 127. The van der Waals surface area contributed by atoms with Crippen LogP contribution in [0.5, 0.6) is 17.2 Å². The number of carboxylic acids is 1. The van der Waals surface area contributed by atoms with Crippen LogP contribution in [0, 0.1) is 3.57 Å². The van der Waals surface area contributed by atoms with E-state index in [1.807, 2.05) is 18.2 Å². The monoisotopic (exact) mass is 540 g/mol. The predicted molar refractivity (Wildman–Crippen MR) is 99.0 cm³/mol. The number of benzene rings is 2. The number of carboxylic acid groups (broad SMARTS) is 1. The topological polar surface area (TPSA) is 55.8 Å². The molecule has 2 aromatic carbocycles. The highest BCUT2D eigenvalue weighted by Crippen LogP contribution is 2.39. The van der Waals surface area contributed by atoms with Gasteiger partial charge < -0.3 is 14.6 Å². The maximum absolute atomic E-state index is 10.8. The number of ether oxygens (including phenoxy) is 2. The smallest absolute Gasteiger partial charge is 0.307 e. The summed E-state index contributed by atoms with van der Waals surface area (Å²) < 4.78 is 13.4. The van der Waals surface area contributed by atoms with Crippen molar-refractivity contribution in [2.75, 3.05) is 7.11 Å². The zero-order chi connectivity index (χ0) is 16.3. The summed E-state index contributed by atoms with van der Waals surface area (Å²) >= 11 is 9.01. The van der Waals surface area contributed by atoms with Crippen LogP contribution in [0.4, 0.5) is 0 Å². The molecule has 0 radical (unpaired) electrons. The van der Waals surface area contributed by atoms with Crippen molar-refractivity contribution in [1.29, 1.82) is 0 Å². The maximum atomic E-state index is 10.8. The largest absolute Gasteiger partial charge is 0.496 e. The van der Waals surface area contributed by atoms with E-state index in [0.717, 1.165) is 9.32 Å². The molecule has 0 aliphatic heterocycles. The molecule has 0 saturated carbocycles. The molecule has 0 heterocycles. The first-order chi connectivity index (χ1) is 10.4. The number of halogens is 3. The normalized spacial score (nSPS) is 10.4. The first-order valence-corrected chi connectivity index (χ1v) is 8.78. The Morgan fingerprint density at radius 2 is 1.86 bits per heavy atom. The summed E-state index contributed by atoms with van der Waals surface area (Å²) in [4.78, 5) is 10.8. The van der Waals surface area contributed by atoms with Crippen molar-refractivity contribution in [3.8, 4) is 17.2 Å². The average Bonchev–Trinajstić information content (AvgIpc) is 2.42. The van der Waals surface area contributed by atoms with Crippen LogP contribution in [-0.2, 0) is 11.2 Å². The molecule has 4 nitrogen and oxygen atoms in total. The van der Waals surface area contributed by atoms with Crippen LogP contribution in [0.2, 0.25) is 0 Å². The zero-order valence-corrected chi connectivity index (χ0v) is 16.7. The minimum atomic E-state index is -0.878. The number of aliphatic carboxylic acids is 1. The van der Waals surface area contributed by atoms with E-state index in [0.29, 0.717) is 26.0 Å². The van der Waals surface area contributed by atoms with E-state index < -0.39 is 5.97 Å². The molecule has 7 heteroatoms. The summed E-state index contributed by atoms with van der Waals surface area (Å²) in [5.41, 5.74) is 0.683. The Hall–Kier alpha value is -0.800. The molecule has 2 rings (SSSR count). The molecule has 0 saturated heterocycles. The Labute approximate surface area is 158 Å². The van der Waals surface area contributed by atoms with Crippen molar-refractivity contribution in [1.82, 2.24) is 0 Å². The number of hydrogen-bond acceptors (Lipinski definition) is 3. The van der Waals surface area contributed by atoms with Crippen LogP contribution in [-0.4, -0.2) is 18.2 Å². The van der Waals surface area contributed by atoms with Crippen molar-refractivity contribution in [2.24, 2.45) is 0 Å². The second kappa shape index (κ2) is 7.65. The number of methoxy groups -OCH3 is 1. The van der Waals surface area contributed by atoms with E-state index in [-0.39, 0.29) is 6.42 Å². The van der Waals surface area contributed by atoms with E-state index >= 15 is 0 Å². The van der Waals surface area contributed by atoms with Gasteiger partial charge in [-0.15, -0.1) is 0 Å². The van der Waals surface area contributed by atoms with Gasteiger partial charge in [0, 0.05) is 0 Å². The van der Waals surface area contributed by atoms with Crippen LogP contribution in [0.1, 0.15) is 5.56 Å². The molecule has 0 atom stereocenters. The van der Waals surface area contributed by atoms with Crippen molar-refractivity contribution in [3.63, 3.8) is 0 Å². The molecule has 116 valence electrons. The molecule has 0 aliphatic carbocycles. The van der Waals surface area contributed by atoms with E-state index in [1.54, 1.807) is 19.2 Å². The molecule has 0 unspecified atom stereocenters. The van der Waals surface area contributed by atoms with Crippen molar-refractivity contribution in [3.05, 3.63) is 48.4 Å². The highest BCUT2D eigenvalue weighted by Gasteiger charge is 2.13. The standard InChI is InChI=1S/C15H11Br2IO4/c1-21-13-3-2-9(7-12(13)18)22-15-10(16)4-8(5-11(15)17)6-14(19)20/h2-5,7H,6H2,1H3,(H,19,20). The maximum Gasteiger partial charge on any atom is 0.307 e. The van der Waals surface area contributed by atoms with Crippen LogP contribution in [0.3, 0.4) is 0 Å². The van der Waals surface area contributed by atoms with Gasteiger partial charge in [-0.1, -0.05) is 0 Å². The molecule has 0 amide bonds. The third-order valence-corrected chi connectivity index (χ3v) is 4.78. The van der Waals surface area contributed by atoms with E-state index in [4.69, 9.17) is 14.6 Å². The lowest BCUT2D eigenvalue weighted by Gasteiger charge is -2.12. The summed E-state index contributed by atoms with van der Waals surface area (Å²) in [6, 6.07) is 8.98. The summed E-state index contributed by atoms with van der Waals surface area (Å²) in [6.45, 7) is 0. The van der Waals surface area contributed by atoms with Gasteiger partial charge in [-0.05, 0) is 90.3 Å². The molecule has 0 aliphatic rings. The van der Waals surface area contributed by atoms with Crippen LogP contribution in [0.15, 0.2) is 39.3 Å².